The van der Waals surface area contributed by atoms with Crippen LogP contribution in [0, 0.1) is 0 Å². The van der Waals surface area contributed by atoms with Crippen molar-refractivity contribution < 1.29 is 32.7 Å². The third kappa shape index (κ3) is 4.99. The molecule has 1 fully saturated rings. The molecule has 1 heterocycles. The van der Waals surface area contributed by atoms with Crippen LogP contribution >= 0.6 is 0 Å². The second-order valence-corrected chi connectivity index (χ2v) is 7.43. The van der Waals surface area contributed by atoms with Gasteiger partial charge in [0.2, 0.25) is 0 Å². The number of anilines is 1. The molecular formula is C22H23F3N2O4. The lowest BCUT2D eigenvalue weighted by molar-refractivity contribution is -0.170. The van der Waals surface area contributed by atoms with E-state index in [0.29, 0.717) is 25.1 Å². The molecule has 0 saturated carbocycles. The quantitative estimate of drug-likeness (QED) is 0.713. The zero-order valence-electron chi connectivity index (χ0n) is 17.1. The number of halogens is 3. The summed E-state index contributed by atoms with van der Waals surface area (Å²) in [7, 11) is 2.90. The SMILES string of the molecule is CON(C)C(=O)[C@@H]1CCC(c2ccc(C(F)(F)F)cc2)CN1c1ccc(C(=O)O)cc1. The van der Waals surface area contributed by atoms with Crippen LogP contribution in [-0.4, -0.2) is 48.8 Å². The number of rotatable bonds is 5. The molecule has 3 rings (SSSR count). The Bertz CT molecular complexity index is 929. The summed E-state index contributed by atoms with van der Waals surface area (Å²) >= 11 is 0. The number of aromatic carboxylic acids is 1. The van der Waals surface area contributed by atoms with Gasteiger partial charge in [-0.05, 0) is 54.8 Å². The number of amides is 1. The van der Waals surface area contributed by atoms with Crippen LogP contribution in [0.15, 0.2) is 48.5 Å². The molecule has 1 aliphatic rings. The summed E-state index contributed by atoms with van der Waals surface area (Å²) in [5.41, 5.74) is 0.829. The van der Waals surface area contributed by atoms with Crippen LogP contribution in [0.4, 0.5) is 18.9 Å². The highest BCUT2D eigenvalue weighted by atomic mass is 19.4. The predicted molar refractivity (Wildman–Crippen MR) is 108 cm³/mol. The largest absolute Gasteiger partial charge is 0.478 e. The van der Waals surface area contributed by atoms with Crippen LogP contribution in [0.1, 0.15) is 40.2 Å². The van der Waals surface area contributed by atoms with Gasteiger partial charge >= 0.3 is 12.1 Å². The first kappa shape index (κ1) is 22.6. The van der Waals surface area contributed by atoms with E-state index in [4.69, 9.17) is 9.94 Å². The molecule has 2 aromatic carbocycles. The number of hydrogen-bond acceptors (Lipinski definition) is 4. The lowest BCUT2D eigenvalue weighted by atomic mass is 9.86. The van der Waals surface area contributed by atoms with Crippen LogP contribution < -0.4 is 4.90 Å². The Balaban J connectivity index is 1.89. The van der Waals surface area contributed by atoms with E-state index in [9.17, 15) is 22.8 Å². The maximum atomic E-state index is 12.9. The molecule has 0 aliphatic carbocycles. The Hall–Kier alpha value is -3.07. The van der Waals surface area contributed by atoms with Gasteiger partial charge in [0.25, 0.3) is 5.91 Å². The summed E-state index contributed by atoms with van der Waals surface area (Å²) in [6.07, 6.45) is -3.31. The number of carboxylic acids is 1. The van der Waals surface area contributed by atoms with Crippen LogP contribution in [0.3, 0.4) is 0 Å². The lowest BCUT2D eigenvalue weighted by Crippen LogP contribution is -2.51. The van der Waals surface area contributed by atoms with E-state index in [1.54, 1.807) is 12.1 Å². The smallest absolute Gasteiger partial charge is 0.416 e. The first-order valence-corrected chi connectivity index (χ1v) is 9.70. The molecule has 2 atom stereocenters. The molecule has 1 aliphatic heterocycles. The molecular weight excluding hydrogens is 413 g/mol. The van der Waals surface area contributed by atoms with Crippen molar-refractivity contribution in [3.05, 3.63) is 65.2 Å². The zero-order chi connectivity index (χ0) is 22.8. The molecule has 6 nitrogen and oxygen atoms in total. The van der Waals surface area contributed by atoms with E-state index in [2.05, 4.69) is 0 Å². The standard InChI is InChI=1S/C22H23F3N2O4/c1-26(31-2)20(28)19-12-7-16(14-3-8-17(9-4-14)22(23,24)25)13-27(19)18-10-5-15(6-11-18)21(29)30/h3-6,8-11,16,19H,7,12-13H2,1-2H3,(H,29,30)/t16?,19-/m0/s1. The Morgan fingerprint density at radius 3 is 2.19 bits per heavy atom. The maximum absolute atomic E-state index is 12.9. The number of hydrogen-bond donors (Lipinski definition) is 1. The minimum absolute atomic E-state index is 0.0849. The second-order valence-electron chi connectivity index (χ2n) is 7.43. The fourth-order valence-corrected chi connectivity index (χ4v) is 3.82. The number of carbonyl (C=O) groups is 2. The molecule has 1 N–H and O–H groups in total. The molecule has 1 unspecified atom stereocenters. The third-order valence-electron chi connectivity index (χ3n) is 5.61. The highest BCUT2D eigenvalue weighted by Crippen LogP contribution is 2.36. The monoisotopic (exact) mass is 436 g/mol. The van der Waals surface area contributed by atoms with E-state index in [1.807, 2.05) is 4.90 Å². The van der Waals surface area contributed by atoms with Gasteiger partial charge in [-0.2, -0.15) is 13.2 Å². The molecule has 0 radical (unpaired) electrons. The minimum atomic E-state index is -4.40. The molecule has 166 valence electrons. The van der Waals surface area contributed by atoms with Crippen molar-refractivity contribution in [3.8, 4) is 0 Å². The summed E-state index contributed by atoms with van der Waals surface area (Å²) in [5.74, 6) is -1.39. The topological polar surface area (TPSA) is 70.1 Å². The van der Waals surface area contributed by atoms with Gasteiger partial charge in [0, 0.05) is 25.2 Å². The Kier molecular flexibility index (Phi) is 6.54. The van der Waals surface area contributed by atoms with Crippen LogP contribution in [0.25, 0.3) is 0 Å². The van der Waals surface area contributed by atoms with Gasteiger partial charge in [-0.3, -0.25) is 9.63 Å². The van der Waals surface area contributed by atoms with Crippen molar-refractivity contribution >= 4 is 17.6 Å². The number of benzene rings is 2. The van der Waals surface area contributed by atoms with Gasteiger partial charge in [0.1, 0.15) is 6.04 Å². The Morgan fingerprint density at radius 1 is 1.06 bits per heavy atom. The first-order valence-electron chi connectivity index (χ1n) is 9.70. The molecule has 2 aromatic rings. The number of carboxylic acid groups (broad SMARTS) is 1. The normalized spacial score (nSPS) is 19.2. The summed E-state index contributed by atoms with van der Waals surface area (Å²) in [6, 6.07) is 10.7. The fourth-order valence-electron chi connectivity index (χ4n) is 3.82. The van der Waals surface area contributed by atoms with Gasteiger partial charge < -0.3 is 10.0 Å². The summed E-state index contributed by atoms with van der Waals surface area (Å²) < 4.78 is 38.6. The number of likely N-dealkylation sites (N-methyl/N-ethyl adjacent to an activating group) is 1. The van der Waals surface area contributed by atoms with E-state index < -0.39 is 23.8 Å². The Morgan fingerprint density at radius 2 is 1.68 bits per heavy atom. The average molecular weight is 436 g/mol. The van der Waals surface area contributed by atoms with Crippen molar-refractivity contribution in [2.45, 2.75) is 31.0 Å². The minimum Gasteiger partial charge on any atom is -0.478 e. The van der Waals surface area contributed by atoms with Crippen molar-refractivity contribution in [1.29, 1.82) is 0 Å². The van der Waals surface area contributed by atoms with Gasteiger partial charge in [-0.15, -0.1) is 0 Å². The Labute approximate surface area is 177 Å². The summed E-state index contributed by atoms with van der Waals surface area (Å²) in [6.45, 7) is 0.395. The predicted octanol–water partition coefficient (Wildman–Crippen LogP) is 4.18. The number of alkyl halides is 3. The average Bonchev–Trinajstić information content (AvgIpc) is 2.77. The van der Waals surface area contributed by atoms with Crippen LogP contribution in [-0.2, 0) is 15.8 Å². The third-order valence-corrected chi connectivity index (χ3v) is 5.61. The van der Waals surface area contributed by atoms with E-state index in [0.717, 1.165) is 22.8 Å². The van der Waals surface area contributed by atoms with Crippen molar-refractivity contribution in [2.24, 2.45) is 0 Å². The second kappa shape index (κ2) is 8.97. The lowest BCUT2D eigenvalue weighted by Gasteiger charge is -2.41. The van der Waals surface area contributed by atoms with Gasteiger partial charge in [-0.25, -0.2) is 9.86 Å². The van der Waals surface area contributed by atoms with Crippen molar-refractivity contribution in [3.63, 3.8) is 0 Å². The highest BCUT2D eigenvalue weighted by molar-refractivity contribution is 5.88. The molecule has 1 saturated heterocycles. The van der Waals surface area contributed by atoms with Gasteiger partial charge in [-0.1, -0.05) is 12.1 Å². The molecule has 1 amide bonds. The maximum Gasteiger partial charge on any atom is 0.416 e. The van der Waals surface area contributed by atoms with Gasteiger partial charge in [0.05, 0.1) is 18.2 Å². The van der Waals surface area contributed by atoms with Gasteiger partial charge in [0.15, 0.2) is 0 Å². The molecule has 0 spiro atoms. The fraction of sp³-hybridized carbons (Fsp3) is 0.364. The van der Waals surface area contributed by atoms with E-state index in [1.165, 1.54) is 38.4 Å². The number of carbonyl (C=O) groups excluding carboxylic acids is 1. The van der Waals surface area contributed by atoms with Crippen LogP contribution in [0.2, 0.25) is 0 Å². The highest BCUT2D eigenvalue weighted by Gasteiger charge is 2.36. The van der Waals surface area contributed by atoms with Crippen molar-refractivity contribution in [2.75, 3.05) is 25.6 Å². The molecule has 0 bridgehead atoms. The van der Waals surface area contributed by atoms with E-state index in [-0.39, 0.29) is 17.4 Å². The van der Waals surface area contributed by atoms with Crippen LogP contribution in [0.5, 0.6) is 0 Å². The number of piperidine rings is 1. The van der Waals surface area contributed by atoms with E-state index >= 15 is 0 Å². The number of nitrogens with zero attached hydrogens (tertiary/aromatic N) is 2. The summed E-state index contributed by atoms with van der Waals surface area (Å²) in [4.78, 5) is 30.9. The molecule has 31 heavy (non-hydrogen) atoms. The number of hydroxylamine groups is 2. The molecule has 0 aromatic heterocycles. The zero-order valence-corrected chi connectivity index (χ0v) is 17.1. The van der Waals surface area contributed by atoms with Crippen molar-refractivity contribution in [1.82, 2.24) is 5.06 Å². The first-order chi connectivity index (χ1) is 14.6. The summed E-state index contributed by atoms with van der Waals surface area (Å²) in [5, 5.41) is 10.3. The molecule has 9 heteroatoms.